The van der Waals surface area contributed by atoms with Crippen molar-refractivity contribution >= 4 is 11.9 Å². The van der Waals surface area contributed by atoms with Gasteiger partial charge in [-0.25, -0.2) is 13.9 Å². The number of carbonyl (C=O) groups is 2. The fourth-order valence-corrected chi connectivity index (χ4v) is 3.82. The summed E-state index contributed by atoms with van der Waals surface area (Å²) in [7, 11) is 2.77. The van der Waals surface area contributed by atoms with Crippen molar-refractivity contribution in [2.24, 2.45) is 0 Å². The van der Waals surface area contributed by atoms with Gasteiger partial charge in [0.05, 0.1) is 19.9 Å². The van der Waals surface area contributed by atoms with Crippen LogP contribution in [0.1, 0.15) is 44.1 Å². The molecule has 0 bridgehead atoms. The number of ether oxygens (including phenoxy) is 2. The van der Waals surface area contributed by atoms with E-state index >= 15 is 0 Å². The molecule has 0 spiro atoms. The third kappa shape index (κ3) is 4.01. The first-order valence-corrected chi connectivity index (χ1v) is 9.92. The zero-order valence-corrected chi connectivity index (χ0v) is 17.3. The molecule has 31 heavy (non-hydrogen) atoms. The Morgan fingerprint density at radius 3 is 2.61 bits per heavy atom. The molecular formula is C23H22FN3O4. The number of benzene rings is 2. The quantitative estimate of drug-likeness (QED) is 0.616. The summed E-state index contributed by atoms with van der Waals surface area (Å²) in [5, 5.41) is 7.39. The maximum Gasteiger partial charge on any atom is 0.341 e. The van der Waals surface area contributed by atoms with E-state index in [1.54, 1.807) is 35.0 Å². The van der Waals surface area contributed by atoms with E-state index in [-0.39, 0.29) is 18.3 Å². The minimum absolute atomic E-state index is 0.213. The highest BCUT2D eigenvalue weighted by atomic mass is 19.1. The summed E-state index contributed by atoms with van der Waals surface area (Å²) >= 11 is 0. The van der Waals surface area contributed by atoms with E-state index in [1.807, 2.05) is 0 Å². The number of halogens is 1. The van der Waals surface area contributed by atoms with Gasteiger partial charge in [-0.05, 0) is 61.2 Å². The molecule has 0 unspecified atom stereocenters. The van der Waals surface area contributed by atoms with Crippen LogP contribution in [0.15, 0.2) is 42.5 Å². The fourth-order valence-electron chi connectivity index (χ4n) is 3.82. The number of methoxy groups -OCH3 is 2. The predicted octanol–water partition coefficient (Wildman–Crippen LogP) is 3.23. The third-order valence-corrected chi connectivity index (χ3v) is 5.34. The topological polar surface area (TPSA) is 82.5 Å². The van der Waals surface area contributed by atoms with Crippen LogP contribution in [-0.2, 0) is 24.1 Å². The van der Waals surface area contributed by atoms with Gasteiger partial charge < -0.3 is 14.8 Å². The first-order valence-electron chi connectivity index (χ1n) is 9.92. The van der Waals surface area contributed by atoms with Crippen LogP contribution in [-0.4, -0.2) is 35.9 Å². The lowest BCUT2D eigenvalue weighted by Gasteiger charge is -2.10. The van der Waals surface area contributed by atoms with Gasteiger partial charge in [-0.1, -0.05) is 6.07 Å². The lowest BCUT2D eigenvalue weighted by molar-refractivity contribution is 0.0597. The van der Waals surface area contributed by atoms with Crippen molar-refractivity contribution in [1.82, 2.24) is 15.1 Å². The highest BCUT2D eigenvalue weighted by molar-refractivity contribution is 5.94. The van der Waals surface area contributed by atoms with Gasteiger partial charge in [0.25, 0.3) is 5.91 Å². The lowest BCUT2D eigenvalue weighted by Crippen LogP contribution is -2.24. The zero-order valence-electron chi connectivity index (χ0n) is 17.3. The van der Waals surface area contributed by atoms with Crippen LogP contribution < -0.4 is 10.1 Å². The maximum absolute atomic E-state index is 13.3. The summed E-state index contributed by atoms with van der Waals surface area (Å²) in [6, 6.07) is 11.1. The molecule has 1 aliphatic carbocycles. The van der Waals surface area contributed by atoms with Gasteiger partial charge in [0.1, 0.15) is 17.1 Å². The van der Waals surface area contributed by atoms with Crippen LogP contribution in [0, 0.1) is 5.82 Å². The summed E-state index contributed by atoms with van der Waals surface area (Å²) in [5.74, 6) is -0.732. The minimum atomic E-state index is -0.513. The standard InChI is InChI=1S/C23H22FN3O4/c1-30-20-11-6-14(12-18(20)23(29)31-2)13-25-22(28)21-17-4-3-5-19(17)27(26-21)16-9-7-15(24)8-10-16/h6-12H,3-5,13H2,1-2H3,(H,25,28). The van der Waals surface area contributed by atoms with Gasteiger partial charge in [-0.2, -0.15) is 5.10 Å². The molecule has 1 aromatic heterocycles. The largest absolute Gasteiger partial charge is 0.496 e. The Kier molecular flexibility index (Phi) is 5.70. The Bertz CT molecular complexity index is 1140. The van der Waals surface area contributed by atoms with Crippen LogP contribution >= 0.6 is 0 Å². The average Bonchev–Trinajstić information content (AvgIpc) is 3.40. The van der Waals surface area contributed by atoms with Crippen LogP contribution in [0.3, 0.4) is 0 Å². The van der Waals surface area contributed by atoms with Gasteiger partial charge in [-0.3, -0.25) is 4.79 Å². The number of nitrogens with zero attached hydrogens (tertiary/aromatic N) is 2. The molecule has 160 valence electrons. The van der Waals surface area contributed by atoms with Crippen LogP contribution in [0.4, 0.5) is 4.39 Å². The number of carbonyl (C=O) groups excluding carboxylic acids is 2. The molecule has 0 fully saturated rings. The average molecular weight is 423 g/mol. The van der Waals surface area contributed by atoms with E-state index in [4.69, 9.17) is 9.47 Å². The molecule has 7 nitrogen and oxygen atoms in total. The molecule has 0 radical (unpaired) electrons. The lowest BCUT2D eigenvalue weighted by atomic mass is 10.1. The summed E-state index contributed by atoms with van der Waals surface area (Å²) in [6.45, 7) is 0.213. The Morgan fingerprint density at radius 2 is 1.90 bits per heavy atom. The molecule has 0 saturated heterocycles. The zero-order chi connectivity index (χ0) is 22.0. The molecular weight excluding hydrogens is 401 g/mol. The Labute approximate surface area is 178 Å². The summed E-state index contributed by atoms with van der Waals surface area (Å²) in [5.41, 5.74) is 4.01. The van der Waals surface area contributed by atoms with Gasteiger partial charge in [0.2, 0.25) is 0 Å². The molecule has 0 aliphatic heterocycles. The molecule has 8 heteroatoms. The predicted molar refractivity (Wildman–Crippen MR) is 111 cm³/mol. The van der Waals surface area contributed by atoms with Crippen molar-refractivity contribution in [3.05, 3.63) is 76.4 Å². The van der Waals surface area contributed by atoms with E-state index in [0.717, 1.165) is 41.8 Å². The Hall–Kier alpha value is -3.68. The molecule has 3 aromatic rings. The minimum Gasteiger partial charge on any atom is -0.496 e. The Morgan fingerprint density at radius 1 is 1.13 bits per heavy atom. The van der Waals surface area contributed by atoms with Crippen molar-refractivity contribution in [2.45, 2.75) is 25.8 Å². The number of esters is 1. The normalized spacial score (nSPS) is 12.4. The first-order chi connectivity index (χ1) is 15.0. The van der Waals surface area contributed by atoms with Crippen LogP contribution in [0.25, 0.3) is 5.69 Å². The number of amides is 1. The second-order valence-electron chi connectivity index (χ2n) is 7.22. The van der Waals surface area contributed by atoms with E-state index in [1.165, 1.54) is 26.4 Å². The van der Waals surface area contributed by atoms with E-state index in [2.05, 4.69) is 10.4 Å². The molecule has 4 rings (SSSR count). The smallest absolute Gasteiger partial charge is 0.341 e. The van der Waals surface area contributed by atoms with E-state index < -0.39 is 5.97 Å². The summed E-state index contributed by atoms with van der Waals surface area (Å²) in [6.07, 6.45) is 2.53. The van der Waals surface area contributed by atoms with Crippen molar-refractivity contribution < 1.29 is 23.5 Å². The second kappa shape index (κ2) is 8.59. The molecule has 1 aliphatic rings. The number of rotatable bonds is 6. The molecule has 1 heterocycles. The van der Waals surface area contributed by atoms with Crippen molar-refractivity contribution in [3.63, 3.8) is 0 Å². The van der Waals surface area contributed by atoms with Gasteiger partial charge >= 0.3 is 5.97 Å². The van der Waals surface area contributed by atoms with Crippen molar-refractivity contribution in [1.29, 1.82) is 0 Å². The summed E-state index contributed by atoms with van der Waals surface area (Å²) < 4.78 is 25.0. The molecule has 2 aromatic carbocycles. The number of aromatic nitrogens is 2. The Balaban J connectivity index is 1.55. The monoisotopic (exact) mass is 423 g/mol. The second-order valence-corrected chi connectivity index (χ2v) is 7.22. The highest BCUT2D eigenvalue weighted by Gasteiger charge is 2.27. The van der Waals surface area contributed by atoms with E-state index in [0.29, 0.717) is 17.0 Å². The molecule has 1 amide bonds. The number of fused-ring (bicyclic) bond motifs is 1. The first kappa shape index (κ1) is 20.6. The number of hydrogen-bond donors (Lipinski definition) is 1. The van der Waals surface area contributed by atoms with Crippen LogP contribution in [0.2, 0.25) is 0 Å². The third-order valence-electron chi connectivity index (χ3n) is 5.34. The van der Waals surface area contributed by atoms with Crippen molar-refractivity contribution in [3.8, 4) is 11.4 Å². The summed E-state index contributed by atoms with van der Waals surface area (Å²) in [4.78, 5) is 24.9. The molecule has 0 saturated carbocycles. The highest BCUT2D eigenvalue weighted by Crippen LogP contribution is 2.28. The van der Waals surface area contributed by atoms with E-state index in [9.17, 15) is 14.0 Å². The molecule has 1 N–H and O–H groups in total. The van der Waals surface area contributed by atoms with Crippen molar-refractivity contribution in [2.75, 3.05) is 14.2 Å². The fraction of sp³-hybridized carbons (Fsp3) is 0.261. The number of hydrogen-bond acceptors (Lipinski definition) is 5. The number of nitrogens with one attached hydrogen (secondary N) is 1. The SMILES string of the molecule is COC(=O)c1cc(CNC(=O)c2nn(-c3ccc(F)cc3)c3c2CCC3)ccc1OC. The van der Waals surface area contributed by atoms with Crippen LogP contribution in [0.5, 0.6) is 5.75 Å². The van der Waals surface area contributed by atoms with Gasteiger partial charge in [0, 0.05) is 17.8 Å². The van der Waals surface area contributed by atoms with Gasteiger partial charge in [0.15, 0.2) is 5.69 Å². The van der Waals surface area contributed by atoms with Gasteiger partial charge in [-0.15, -0.1) is 0 Å². The molecule has 0 atom stereocenters. The maximum atomic E-state index is 13.3.